The van der Waals surface area contributed by atoms with Crippen LogP contribution < -0.4 is 10.6 Å². The van der Waals surface area contributed by atoms with Gasteiger partial charge >= 0.3 is 6.18 Å². The molecule has 1 heterocycles. The number of aromatic nitrogens is 2. The summed E-state index contributed by atoms with van der Waals surface area (Å²) in [6.45, 7) is 5.77. The third kappa shape index (κ3) is 4.59. The van der Waals surface area contributed by atoms with Crippen LogP contribution >= 0.6 is 11.6 Å². The van der Waals surface area contributed by atoms with Crippen molar-refractivity contribution in [1.29, 1.82) is 0 Å². The van der Waals surface area contributed by atoms with E-state index in [1.54, 1.807) is 19.1 Å². The van der Waals surface area contributed by atoms with Crippen LogP contribution in [0.1, 0.15) is 11.3 Å². The first-order chi connectivity index (χ1) is 10.8. The Kier molecular flexibility index (Phi) is 5.10. The van der Waals surface area contributed by atoms with Crippen molar-refractivity contribution in [3.05, 3.63) is 53.2 Å². The van der Waals surface area contributed by atoms with Crippen molar-refractivity contribution in [1.82, 2.24) is 9.97 Å². The summed E-state index contributed by atoms with van der Waals surface area (Å²) in [6, 6.07) is 5.15. The van der Waals surface area contributed by atoms with E-state index in [9.17, 15) is 13.2 Å². The van der Waals surface area contributed by atoms with Gasteiger partial charge in [-0.25, -0.2) is 4.98 Å². The summed E-state index contributed by atoms with van der Waals surface area (Å²) in [4.78, 5) is 8.22. The van der Waals surface area contributed by atoms with Gasteiger partial charge < -0.3 is 10.6 Å². The maximum Gasteiger partial charge on any atom is 0.418 e. The lowest BCUT2D eigenvalue weighted by Gasteiger charge is -2.15. The third-order valence-electron chi connectivity index (χ3n) is 2.82. The summed E-state index contributed by atoms with van der Waals surface area (Å²) in [5.41, 5.74) is -0.436. The molecule has 0 bridgehead atoms. The number of anilines is 3. The fraction of sp³-hybridized carbons (Fsp3) is 0.200. The Bertz CT molecular complexity index is 716. The second kappa shape index (κ2) is 6.87. The van der Waals surface area contributed by atoms with Crippen molar-refractivity contribution in [3.8, 4) is 0 Å². The van der Waals surface area contributed by atoms with Crippen LogP contribution in [-0.2, 0) is 6.18 Å². The fourth-order valence-corrected chi connectivity index (χ4v) is 2.04. The van der Waals surface area contributed by atoms with Crippen LogP contribution in [0.2, 0.25) is 5.02 Å². The van der Waals surface area contributed by atoms with E-state index < -0.39 is 11.7 Å². The number of hydrogen-bond acceptors (Lipinski definition) is 4. The van der Waals surface area contributed by atoms with E-state index in [4.69, 9.17) is 11.6 Å². The molecular weight excluding hydrogens is 329 g/mol. The molecule has 4 nitrogen and oxygen atoms in total. The standard InChI is InChI=1S/C15H14ClF3N4/c1-3-6-20-13-7-9(2)21-14(23-13)22-12-5-4-10(16)8-11(12)15(17,18)19/h3-5,7-8H,1,6H2,2H3,(H2,20,21,22,23). The molecule has 2 aromatic rings. The Hall–Kier alpha value is -2.28. The summed E-state index contributed by atoms with van der Waals surface area (Å²) in [6.07, 6.45) is -2.90. The van der Waals surface area contributed by atoms with Crippen LogP contribution in [0.5, 0.6) is 0 Å². The molecule has 1 aromatic heterocycles. The van der Waals surface area contributed by atoms with E-state index in [1.807, 2.05) is 0 Å². The first-order valence-corrected chi connectivity index (χ1v) is 7.01. The van der Waals surface area contributed by atoms with Gasteiger partial charge in [0.1, 0.15) is 5.82 Å². The Balaban J connectivity index is 2.36. The minimum Gasteiger partial charge on any atom is -0.366 e. The van der Waals surface area contributed by atoms with Gasteiger partial charge in [0.25, 0.3) is 0 Å². The number of nitrogens with zero attached hydrogens (tertiary/aromatic N) is 2. The Morgan fingerprint density at radius 2 is 2.00 bits per heavy atom. The van der Waals surface area contributed by atoms with Crippen LogP contribution in [0.15, 0.2) is 36.9 Å². The third-order valence-corrected chi connectivity index (χ3v) is 3.05. The van der Waals surface area contributed by atoms with Crippen LogP contribution in [0, 0.1) is 6.92 Å². The summed E-state index contributed by atoms with van der Waals surface area (Å²) >= 11 is 5.66. The molecule has 0 saturated heterocycles. The lowest BCUT2D eigenvalue weighted by molar-refractivity contribution is -0.136. The van der Waals surface area contributed by atoms with Gasteiger partial charge in [0.2, 0.25) is 5.95 Å². The van der Waals surface area contributed by atoms with Crippen molar-refractivity contribution >= 4 is 29.1 Å². The number of alkyl halides is 3. The van der Waals surface area contributed by atoms with E-state index in [0.29, 0.717) is 18.1 Å². The number of benzene rings is 1. The lowest BCUT2D eigenvalue weighted by Crippen LogP contribution is -2.11. The van der Waals surface area contributed by atoms with Crippen molar-refractivity contribution < 1.29 is 13.2 Å². The molecule has 0 aliphatic carbocycles. The summed E-state index contributed by atoms with van der Waals surface area (Å²) in [7, 11) is 0. The second-order valence-electron chi connectivity index (χ2n) is 4.70. The highest BCUT2D eigenvalue weighted by molar-refractivity contribution is 6.30. The highest BCUT2D eigenvalue weighted by Gasteiger charge is 2.34. The zero-order chi connectivity index (χ0) is 17.0. The first kappa shape index (κ1) is 17.1. The van der Waals surface area contributed by atoms with E-state index in [-0.39, 0.29) is 16.7 Å². The Morgan fingerprint density at radius 3 is 2.65 bits per heavy atom. The molecule has 0 saturated carbocycles. The average Bonchev–Trinajstić information content (AvgIpc) is 2.45. The molecule has 0 fully saturated rings. The highest BCUT2D eigenvalue weighted by Crippen LogP contribution is 2.37. The number of aryl methyl sites for hydroxylation is 1. The zero-order valence-electron chi connectivity index (χ0n) is 12.2. The van der Waals surface area contributed by atoms with Gasteiger partial charge in [0.05, 0.1) is 11.3 Å². The molecule has 122 valence electrons. The average molecular weight is 343 g/mol. The lowest BCUT2D eigenvalue weighted by atomic mass is 10.1. The monoisotopic (exact) mass is 342 g/mol. The molecule has 0 aliphatic heterocycles. The van der Waals surface area contributed by atoms with Gasteiger partial charge in [-0.3, -0.25) is 0 Å². The molecule has 2 rings (SSSR count). The first-order valence-electron chi connectivity index (χ1n) is 6.64. The van der Waals surface area contributed by atoms with Crippen molar-refractivity contribution in [3.63, 3.8) is 0 Å². The molecule has 0 radical (unpaired) electrons. The summed E-state index contributed by atoms with van der Waals surface area (Å²) < 4.78 is 39.3. The fourth-order valence-electron chi connectivity index (χ4n) is 1.87. The maximum atomic E-state index is 13.1. The number of halogens is 4. The smallest absolute Gasteiger partial charge is 0.366 e. The van der Waals surface area contributed by atoms with E-state index in [2.05, 4.69) is 27.2 Å². The van der Waals surface area contributed by atoms with E-state index >= 15 is 0 Å². The molecule has 0 aliphatic rings. The van der Waals surface area contributed by atoms with E-state index in [1.165, 1.54) is 12.1 Å². The van der Waals surface area contributed by atoms with Gasteiger partial charge in [-0.05, 0) is 25.1 Å². The SMILES string of the molecule is C=CCNc1cc(C)nc(Nc2ccc(Cl)cc2C(F)(F)F)n1. The quantitative estimate of drug-likeness (QED) is 0.766. The minimum absolute atomic E-state index is 0.00127. The van der Waals surface area contributed by atoms with Crippen LogP contribution in [0.4, 0.5) is 30.6 Å². The van der Waals surface area contributed by atoms with Gasteiger partial charge in [-0.1, -0.05) is 17.7 Å². The van der Waals surface area contributed by atoms with Crippen molar-refractivity contribution in [2.45, 2.75) is 13.1 Å². The number of rotatable bonds is 5. The molecule has 0 amide bonds. The van der Waals surface area contributed by atoms with E-state index in [0.717, 1.165) is 6.07 Å². The predicted molar refractivity (Wildman–Crippen MR) is 85.2 cm³/mol. The predicted octanol–water partition coefficient (Wildman–Crippen LogP) is 4.80. The van der Waals surface area contributed by atoms with Crippen LogP contribution in [0.3, 0.4) is 0 Å². The molecule has 23 heavy (non-hydrogen) atoms. The molecule has 8 heteroatoms. The summed E-state index contributed by atoms with van der Waals surface area (Å²) in [5.74, 6) is 0.548. The Morgan fingerprint density at radius 1 is 1.26 bits per heavy atom. The summed E-state index contributed by atoms with van der Waals surface area (Å²) in [5, 5.41) is 5.56. The minimum atomic E-state index is -4.54. The highest BCUT2D eigenvalue weighted by atomic mass is 35.5. The molecule has 2 N–H and O–H groups in total. The molecule has 1 aromatic carbocycles. The van der Waals surface area contributed by atoms with Crippen LogP contribution in [0.25, 0.3) is 0 Å². The molecule has 0 unspecified atom stereocenters. The molecule has 0 atom stereocenters. The molecular formula is C15H14ClF3N4. The van der Waals surface area contributed by atoms with Crippen molar-refractivity contribution in [2.75, 3.05) is 17.2 Å². The van der Waals surface area contributed by atoms with Gasteiger partial charge in [-0.2, -0.15) is 18.2 Å². The topological polar surface area (TPSA) is 49.8 Å². The van der Waals surface area contributed by atoms with Gasteiger partial charge in [0.15, 0.2) is 0 Å². The zero-order valence-corrected chi connectivity index (χ0v) is 13.0. The molecule has 0 spiro atoms. The normalized spacial score (nSPS) is 11.2. The maximum absolute atomic E-state index is 13.1. The van der Waals surface area contributed by atoms with Crippen molar-refractivity contribution in [2.24, 2.45) is 0 Å². The van der Waals surface area contributed by atoms with Gasteiger partial charge in [0, 0.05) is 23.3 Å². The van der Waals surface area contributed by atoms with Gasteiger partial charge in [-0.15, -0.1) is 6.58 Å². The van der Waals surface area contributed by atoms with Crippen LogP contribution in [-0.4, -0.2) is 16.5 Å². The largest absolute Gasteiger partial charge is 0.418 e. The second-order valence-corrected chi connectivity index (χ2v) is 5.14. The number of nitrogens with one attached hydrogen (secondary N) is 2. The number of hydrogen-bond donors (Lipinski definition) is 2. The Labute approximate surface area is 136 Å².